The highest BCUT2D eigenvalue weighted by Crippen LogP contribution is 2.20. The number of ether oxygens (including phenoxy) is 1. The quantitative estimate of drug-likeness (QED) is 0.887. The molecule has 106 valence electrons. The third kappa shape index (κ3) is 2.34. The van der Waals surface area contributed by atoms with Crippen molar-refractivity contribution >= 4 is 27.6 Å². The molecule has 2 heterocycles. The zero-order valence-corrected chi connectivity index (χ0v) is 11.9. The average molecular weight is 293 g/mol. The van der Waals surface area contributed by atoms with Gasteiger partial charge in [-0.15, -0.1) is 0 Å². The van der Waals surface area contributed by atoms with Crippen LogP contribution < -0.4 is 0 Å². The lowest BCUT2D eigenvalue weighted by Crippen LogP contribution is -2.40. The molecule has 0 radical (unpaired) electrons. The minimum absolute atomic E-state index is 0.0163. The molecule has 0 spiro atoms. The first-order chi connectivity index (χ1) is 9.66. The molecule has 7 heteroatoms. The van der Waals surface area contributed by atoms with Crippen LogP contribution in [0.25, 0.3) is 10.9 Å². The number of morpholine rings is 1. The van der Waals surface area contributed by atoms with Crippen LogP contribution in [0.4, 0.5) is 0 Å². The van der Waals surface area contributed by atoms with Gasteiger partial charge in [0.15, 0.2) is 0 Å². The topological polar surface area (TPSA) is 75.3 Å². The van der Waals surface area contributed by atoms with Crippen LogP contribution in [-0.4, -0.2) is 57.8 Å². The number of hydrogen-bond acceptors (Lipinski definition) is 4. The molecular weight excluding hydrogens is 278 g/mol. The first kappa shape index (κ1) is 13.3. The van der Waals surface area contributed by atoms with Crippen molar-refractivity contribution in [3.05, 3.63) is 23.8 Å². The molecule has 0 saturated carbocycles. The van der Waals surface area contributed by atoms with Gasteiger partial charge in [-0.2, -0.15) is 5.10 Å². The summed E-state index contributed by atoms with van der Waals surface area (Å²) in [6, 6.07) is 5.29. The van der Waals surface area contributed by atoms with Crippen LogP contribution in [-0.2, 0) is 15.5 Å². The van der Waals surface area contributed by atoms with Crippen molar-refractivity contribution in [2.24, 2.45) is 0 Å². The molecule has 1 unspecified atom stereocenters. The fourth-order valence-corrected chi connectivity index (χ4v) is 2.95. The van der Waals surface area contributed by atoms with Crippen LogP contribution >= 0.6 is 0 Å². The molecule has 0 aliphatic carbocycles. The van der Waals surface area contributed by atoms with Crippen molar-refractivity contribution in [1.82, 2.24) is 15.1 Å². The maximum Gasteiger partial charge on any atom is 0.254 e. The van der Waals surface area contributed by atoms with Crippen LogP contribution in [0.2, 0.25) is 0 Å². The van der Waals surface area contributed by atoms with E-state index in [-0.39, 0.29) is 5.91 Å². The summed E-state index contributed by atoms with van der Waals surface area (Å²) in [6.07, 6.45) is 1.60. The Morgan fingerprint density at radius 2 is 2.15 bits per heavy atom. The van der Waals surface area contributed by atoms with Gasteiger partial charge in [-0.1, -0.05) is 0 Å². The van der Waals surface area contributed by atoms with Crippen LogP contribution in [0.15, 0.2) is 23.2 Å². The standard InChI is InChI=1S/C13H15N3O3S/c1-20(18)12-10-3-2-9(8-11(10)14-15-12)13(17)16-4-6-19-7-5-16/h2-3,8H,4-7H2,1H3,(H,14,15). The molecule has 1 aliphatic heterocycles. The molecule has 3 rings (SSSR count). The predicted octanol–water partition coefficient (Wildman–Crippen LogP) is 0.773. The van der Waals surface area contributed by atoms with Crippen LogP contribution in [0.1, 0.15) is 10.4 Å². The van der Waals surface area contributed by atoms with Gasteiger partial charge in [0.1, 0.15) is 5.03 Å². The number of carbonyl (C=O) groups is 1. The van der Waals surface area contributed by atoms with E-state index in [0.29, 0.717) is 42.4 Å². The SMILES string of the molecule is CS(=O)c1[nH]nc2cc(C(=O)N3CCOCC3)ccc12. The fraction of sp³-hybridized carbons (Fsp3) is 0.385. The Balaban J connectivity index is 1.92. The zero-order valence-electron chi connectivity index (χ0n) is 11.1. The number of H-pyrrole nitrogens is 1. The van der Waals surface area contributed by atoms with Gasteiger partial charge in [0.2, 0.25) is 0 Å². The third-order valence-electron chi connectivity index (χ3n) is 3.35. The monoisotopic (exact) mass is 293 g/mol. The number of aromatic amines is 1. The van der Waals surface area contributed by atoms with Gasteiger partial charge >= 0.3 is 0 Å². The molecule has 1 amide bonds. The van der Waals surface area contributed by atoms with Gasteiger partial charge in [-0.3, -0.25) is 14.1 Å². The summed E-state index contributed by atoms with van der Waals surface area (Å²) in [7, 11) is -1.12. The minimum atomic E-state index is -1.12. The lowest BCUT2D eigenvalue weighted by atomic mass is 10.1. The Morgan fingerprint density at radius 3 is 2.85 bits per heavy atom. The molecule has 1 aromatic heterocycles. The second-order valence-corrected chi connectivity index (χ2v) is 5.96. The van der Waals surface area contributed by atoms with Gasteiger partial charge in [0, 0.05) is 30.3 Å². The second-order valence-electron chi connectivity index (χ2n) is 4.64. The van der Waals surface area contributed by atoms with Crippen molar-refractivity contribution in [2.45, 2.75) is 5.03 Å². The third-order valence-corrected chi connectivity index (χ3v) is 4.24. The van der Waals surface area contributed by atoms with Crippen LogP contribution in [0.5, 0.6) is 0 Å². The summed E-state index contributed by atoms with van der Waals surface area (Å²) in [5.41, 5.74) is 1.26. The van der Waals surface area contributed by atoms with E-state index in [1.165, 1.54) is 0 Å². The van der Waals surface area contributed by atoms with E-state index >= 15 is 0 Å². The Kier molecular flexibility index (Phi) is 3.54. The number of aromatic nitrogens is 2. The summed E-state index contributed by atoms with van der Waals surface area (Å²) < 4.78 is 16.8. The Labute approximate surface area is 118 Å². The number of fused-ring (bicyclic) bond motifs is 1. The van der Waals surface area contributed by atoms with Crippen LogP contribution in [0.3, 0.4) is 0 Å². The minimum Gasteiger partial charge on any atom is -0.378 e. The highest BCUT2D eigenvalue weighted by Gasteiger charge is 2.19. The summed E-state index contributed by atoms with van der Waals surface area (Å²) >= 11 is 0. The van der Waals surface area contributed by atoms with Crippen molar-refractivity contribution in [2.75, 3.05) is 32.6 Å². The van der Waals surface area contributed by atoms with Gasteiger partial charge in [0.25, 0.3) is 5.91 Å². The van der Waals surface area contributed by atoms with E-state index in [1.807, 2.05) is 0 Å². The maximum atomic E-state index is 12.4. The molecule has 1 aromatic carbocycles. The number of nitrogens with one attached hydrogen (secondary N) is 1. The van der Waals surface area contributed by atoms with Crippen molar-refractivity contribution in [3.63, 3.8) is 0 Å². The molecule has 2 aromatic rings. The van der Waals surface area contributed by atoms with E-state index in [1.54, 1.807) is 29.4 Å². The second kappa shape index (κ2) is 5.34. The number of benzene rings is 1. The first-order valence-corrected chi connectivity index (χ1v) is 7.91. The Bertz CT molecular complexity index is 677. The molecule has 20 heavy (non-hydrogen) atoms. The Morgan fingerprint density at radius 1 is 1.40 bits per heavy atom. The summed E-state index contributed by atoms with van der Waals surface area (Å²) in [5, 5.41) is 8.26. The van der Waals surface area contributed by atoms with Gasteiger partial charge in [0.05, 0.1) is 29.5 Å². The zero-order chi connectivity index (χ0) is 14.1. The average Bonchev–Trinajstić information content (AvgIpc) is 2.90. The first-order valence-electron chi connectivity index (χ1n) is 6.35. The lowest BCUT2D eigenvalue weighted by molar-refractivity contribution is 0.0303. The Hall–Kier alpha value is -1.73. The fourth-order valence-electron chi connectivity index (χ4n) is 2.29. The summed E-state index contributed by atoms with van der Waals surface area (Å²) in [6.45, 7) is 2.38. The lowest BCUT2D eigenvalue weighted by Gasteiger charge is -2.26. The highest BCUT2D eigenvalue weighted by molar-refractivity contribution is 7.84. The van der Waals surface area contributed by atoms with Gasteiger partial charge < -0.3 is 9.64 Å². The maximum absolute atomic E-state index is 12.4. The number of carbonyl (C=O) groups excluding carboxylic acids is 1. The molecule has 6 nitrogen and oxygen atoms in total. The molecule has 1 saturated heterocycles. The highest BCUT2D eigenvalue weighted by atomic mass is 32.2. The van der Waals surface area contributed by atoms with Gasteiger partial charge in [-0.25, -0.2) is 0 Å². The van der Waals surface area contributed by atoms with E-state index in [4.69, 9.17) is 4.74 Å². The van der Waals surface area contributed by atoms with Crippen LogP contribution in [0, 0.1) is 0 Å². The predicted molar refractivity (Wildman–Crippen MR) is 75.1 cm³/mol. The van der Waals surface area contributed by atoms with E-state index in [9.17, 15) is 9.00 Å². The number of amides is 1. The molecule has 0 bridgehead atoms. The molecular formula is C13H15N3O3S. The molecule has 1 N–H and O–H groups in total. The smallest absolute Gasteiger partial charge is 0.254 e. The molecule has 1 fully saturated rings. The van der Waals surface area contributed by atoms with E-state index in [2.05, 4.69) is 10.2 Å². The largest absolute Gasteiger partial charge is 0.378 e. The van der Waals surface area contributed by atoms with Gasteiger partial charge in [-0.05, 0) is 18.2 Å². The number of rotatable bonds is 2. The van der Waals surface area contributed by atoms with Crippen molar-refractivity contribution in [1.29, 1.82) is 0 Å². The summed E-state index contributed by atoms with van der Waals surface area (Å²) in [4.78, 5) is 14.1. The van der Waals surface area contributed by atoms with E-state index in [0.717, 1.165) is 5.39 Å². The van der Waals surface area contributed by atoms with E-state index < -0.39 is 10.8 Å². The normalized spacial score (nSPS) is 17.4. The molecule has 1 aliphatic rings. The van der Waals surface area contributed by atoms with Crippen molar-refractivity contribution in [3.8, 4) is 0 Å². The number of hydrogen-bond donors (Lipinski definition) is 1. The molecule has 1 atom stereocenters. The summed E-state index contributed by atoms with van der Waals surface area (Å²) in [5.74, 6) is -0.0163. The van der Waals surface area contributed by atoms with Crippen molar-refractivity contribution < 1.29 is 13.7 Å². The number of nitrogens with zero attached hydrogens (tertiary/aromatic N) is 2.